The van der Waals surface area contributed by atoms with Gasteiger partial charge in [-0.3, -0.25) is 4.99 Å². The average Bonchev–Trinajstić information content (AvgIpc) is 2.78. The summed E-state index contributed by atoms with van der Waals surface area (Å²) in [6.07, 6.45) is 0. The van der Waals surface area contributed by atoms with E-state index in [1.54, 1.807) is 0 Å². The van der Waals surface area contributed by atoms with Crippen LogP contribution >= 0.6 is 0 Å². The molecular formula is C11H13N3. The topological polar surface area (TPSA) is 36.4 Å². The summed E-state index contributed by atoms with van der Waals surface area (Å²) in [5.74, 6) is 1.06. The number of benzene rings is 1. The Kier molecular flexibility index (Phi) is 1.77. The highest BCUT2D eigenvalue weighted by Gasteiger charge is 2.32. The molecule has 3 heteroatoms. The zero-order chi connectivity index (χ0) is 9.38. The molecule has 3 rings (SSSR count). The van der Waals surface area contributed by atoms with Gasteiger partial charge in [0.1, 0.15) is 5.84 Å². The van der Waals surface area contributed by atoms with Gasteiger partial charge in [0.2, 0.25) is 0 Å². The lowest BCUT2D eigenvalue weighted by molar-refractivity contribution is 0.637. The molecule has 2 aliphatic heterocycles. The maximum absolute atomic E-state index is 4.66. The standard InChI is InChI=1S/C11H13N3/c1-2-4-8(5-3-1)11-13-9-6-12-7-10(9)14-11/h1-5,9-10,12H,6-7H2,(H,13,14). The fourth-order valence-electron chi connectivity index (χ4n) is 2.08. The molecule has 2 heterocycles. The lowest BCUT2D eigenvalue weighted by Crippen LogP contribution is -2.35. The van der Waals surface area contributed by atoms with E-state index >= 15 is 0 Å². The molecular weight excluding hydrogens is 174 g/mol. The SMILES string of the molecule is c1ccc(C2=NC3CNCC3N2)cc1. The predicted molar refractivity (Wildman–Crippen MR) is 56.6 cm³/mol. The molecule has 2 atom stereocenters. The largest absolute Gasteiger partial charge is 0.364 e. The Labute approximate surface area is 83.2 Å². The average molecular weight is 187 g/mol. The van der Waals surface area contributed by atoms with Crippen LogP contribution < -0.4 is 10.6 Å². The molecule has 0 amide bonds. The first-order chi connectivity index (χ1) is 6.93. The van der Waals surface area contributed by atoms with Crippen molar-refractivity contribution in [3.63, 3.8) is 0 Å². The number of rotatable bonds is 1. The molecule has 72 valence electrons. The second-order valence-electron chi connectivity index (χ2n) is 3.82. The van der Waals surface area contributed by atoms with Gasteiger partial charge in [-0.05, 0) is 0 Å². The van der Waals surface area contributed by atoms with Crippen molar-refractivity contribution in [2.45, 2.75) is 12.1 Å². The third-order valence-corrected chi connectivity index (χ3v) is 2.85. The van der Waals surface area contributed by atoms with E-state index < -0.39 is 0 Å². The first kappa shape index (κ1) is 8.00. The van der Waals surface area contributed by atoms with Crippen LogP contribution in [0.1, 0.15) is 5.56 Å². The Bertz CT molecular complexity index is 358. The van der Waals surface area contributed by atoms with Crippen molar-refractivity contribution in [2.24, 2.45) is 4.99 Å². The maximum Gasteiger partial charge on any atom is 0.128 e. The minimum absolute atomic E-state index is 0.435. The maximum atomic E-state index is 4.66. The fraction of sp³-hybridized carbons (Fsp3) is 0.364. The molecule has 0 spiro atoms. The number of nitrogens with zero attached hydrogens (tertiary/aromatic N) is 1. The number of nitrogens with one attached hydrogen (secondary N) is 2. The number of hydrogen-bond donors (Lipinski definition) is 2. The summed E-state index contributed by atoms with van der Waals surface area (Å²) in [7, 11) is 0. The molecule has 0 bridgehead atoms. The van der Waals surface area contributed by atoms with Gasteiger partial charge < -0.3 is 10.6 Å². The van der Waals surface area contributed by atoms with Gasteiger partial charge in [-0.2, -0.15) is 0 Å². The van der Waals surface area contributed by atoms with Gasteiger partial charge in [0.25, 0.3) is 0 Å². The van der Waals surface area contributed by atoms with E-state index in [0.717, 1.165) is 18.9 Å². The van der Waals surface area contributed by atoms with Crippen molar-refractivity contribution >= 4 is 5.84 Å². The third kappa shape index (κ3) is 1.21. The van der Waals surface area contributed by atoms with Gasteiger partial charge in [0, 0.05) is 18.7 Å². The van der Waals surface area contributed by atoms with Crippen molar-refractivity contribution < 1.29 is 0 Å². The second-order valence-corrected chi connectivity index (χ2v) is 3.82. The molecule has 0 radical (unpaired) electrons. The van der Waals surface area contributed by atoms with E-state index in [4.69, 9.17) is 0 Å². The molecule has 1 fully saturated rings. The number of fused-ring (bicyclic) bond motifs is 1. The highest BCUT2D eigenvalue weighted by atomic mass is 15.2. The Hall–Kier alpha value is -1.35. The minimum Gasteiger partial charge on any atom is -0.364 e. The lowest BCUT2D eigenvalue weighted by atomic mass is 10.2. The Morgan fingerprint density at radius 3 is 2.79 bits per heavy atom. The molecule has 14 heavy (non-hydrogen) atoms. The van der Waals surface area contributed by atoms with Gasteiger partial charge in [-0.25, -0.2) is 0 Å². The van der Waals surface area contributed by atoms with Gasteiger partial charge in [-0.1, -0.05) is 30.3 Å². The first-order valence-electron chi connectivity index (χ1n) is 5.04. The molecule has 3 nitrogen and oxygen atoms in total. The molecule has 0 saturated carbocycles. The third-order valence-electron chi connectivity index (χ3n) is 2.85. The summed E-state index contributed by atoms with van der Waals surface area (Å²) in [5.41, 5.74) is 1.20. The molecule has 1 saturated heterocycles. The zero-order valence-corrected chi connectivity index (χ0v) is 7.90. The highest BCUT2D eigenvalue weighted by Crippen LogP contribution is 2.14. The fourth-order valence-corrected chi connectivity index (χ4v) is 2.08. The van der Waals surface area contributed by atoms with Crippen LogP contribution in [0.4, 0.5) is 0 Å². The van der Waals surface area contributed by atoms with E-state index in [0.29, 0.717) is 12.1 Å². The Balaban J connectivity index is 1.88. The van der Waals surface area contributed by atoms with E-state index in [1.165, 1.54) is 5.56 Å². The molecule has 0 aromatic heterocycles. The quantitative estimate of drug-likeness (QED) is 0.666. The van der Waals surface area contributed by atoms with Crippen molar-refractivity contribution in [1.82, 2.24) is 10.6 Å². The van der Waals surface area contributed by atoms with Crippen molar-refractivity contribution in [3.05, 3.63) is 35.9 Å². The van der Waals surface area contributed by atoms with E-state index in [1.807, 2.05) is 18.2 Å². The summed E-state index contributed by atoms with van der Waals surface area (Å²) in [6, 6.07) is 11.3. The molecule has 2 unspecified atom stereocenters. The number of aliphatic imine (C=N–C) groups is 1. The van der Waals surface area contributed by atoms with E-state index in [-0.39, 0.29) is 0 Å². The summed E-state index contributed by atoms with van der Waals surface area (Å²) in [6.45, 7) is 2.04. The highest BCUT2D eigenvalue weighted by molar-refractivity contribution is 6.00. The summed E-state index contributed by atoms with van der Waals surface area (Å²) in [4.78, 5) is 4.66. The molecule has 2 aliphatic rings. The van der Waals surface area contributed by atoms with Crippen LogP contribution in [0.2, 0.25) is 0 Å². The molecule has 1 aromatic carbocycles. The minimum atomic E-state index is 0.435. The number of hydrogen-bond acceptors (Lipinski definition) is 3. The van der Waals surface area contributed by atoms with E-state index in [2.05, 4.69) is 27.8 Å². The zero-order valence-electron chi connectivity index (χ0n) is 7.90. The van der Waals surface area contributed by atoms with Crippen LogP contribution in [0.3, 0.4) is 0 Å². The van der Waals surface area contributed by atoms with Crippen LogP contribution in [0.25, 0.3) is 0 Å². The van der Waals surface area contributed by atoms with Crippen LogP contribution in [0.15, 0.2) is 35.3 Å². The number of amidine groups is 1. The van der Waals surface area contributed by atoms with E-state index in [9.17, 15) is 0 Å². The van der Waals surface area contributed by atoms with Gasteiger partial charge in [0.15, 0.2) is 0 Å². The van der Waals surface area contributed by atoms with Crippen LogP contribution in [0, 0.1) is 0 Å². The normalized spacial score (nSPS) is 29.6. The van der Waals surface area contributed by atoms with Gasteiger partial charge >= 0.3 is 0 Å². The lowest BCUT2D eigenvalue weighted by Gasteiger charge is -2.07. The van der Waals surface area contributed by atoms with Crippen molar-refractivity contribution in [2.75, 3.05) is 13.1 Å². The molecule has 0 aliphatic carbocycles. The summed E-state index contributed by atoms with van der Waals surface area (Å²) >= 11 is 0. The second kappa shape index (κ2) is 3.10. The van der Waals surface area contributed by atoms with Gasteiger partial charge in [-0.15, -0.1) is 0 Å². The monoisotopic (exact) mass is 187 g/mol. The van der Waals surface area contributed by atoms with Crippen LogP contribution in [0.5, 0.6) is 0 Å². The van der Waals surface area contributed by atoms with Gasteiger partial charge in [0.05, 0.1) is 12.1 Å². The summed E-state index contributed by atoms with van der Waals surface area (Å²) < 4.78 is 0. The van der Waals surface area contributed by atoms with Crippen LogP contribution in [-0.4, -0.2) is 31.0 Å². The van der Waals surface area contributed by atoms with Crippen molar-refractivity contribution in [3.8, 4) is 0 Å². The smallest absolute Gasteiger partial charge is 0.128 e. The predicted octanol–water partition coefficient (Wildman–Crippen LogP) is 0.377. The first-order valence-corrected chi connectivity index (χ1v) is 5.04. The Morgan fingerprint density at radius 2 is 2.00 bits per heavy atom. The van der Waals surface area contributed by atoms with Crippen LogP contribution in [-0.2, 0) is 0 Å². The van der Waals surface area contributed by atoms with Crippen molar-refractivity contribution in [1.29, 1.82) is 0 Å². The summed E-state index contributed by atoms with van der Waals surface area (Å²) in [5, 5.41) is 6.78. The Morgan fingerprint density at radius 1 is 1.14 bits per heavy atom. The molecule has 2 N–H and O–H groups in total. The molecule has 1 aromatic rings.